The van der Waals surface area contributed by atoms with Crippen LogP contribution in [-0.4, -0.2) is 28.5 Å². The van der Waals surface area contributed by atoms with Crippen molar-refractivity contribution in [2.24, 2.45) is 10.9 Å². The van der Waals surface area contributed by atoms with Crippen LogP contribution in [0.5, 0.6) is 11.6 Å². The Morgan fingerprint density at radius 2 is 2.00 bits per heavy atom. The Labute approximate surface area is 200 Å². The van der Waals surface area contributed by atoms with Gasteiger partial charge in [0.25, 0.3) is 0 Å². The normalized spacial score (nSPS) is 13.6. The molecule has 0 spiro atoms. The summed E-state index contributed by atoms with van der Waals surface area (Å²) in [6.07, 6.45) is 7.93. The molecule has 2 heterocycles. The maximum Gasteiger partial charge on any atom is 0.248 e. The van der Waals surface area contributed by atoms with E-state index in [0.717, 1.165) is 18.4 Å². The summed E-state index contributed by atoms with van der Waals surface area (Å²) in [5, 5.41) is 6.18. The molecule has 1 fully saturated rings. The van der Waals surface area contributed by atoms with Gasteiger partial charge in [-0.15, -0.1) is 0 Å². The number of pyridine rings is 1. The molecule has 0 saturated heterocycles. The van der Waals surface area contributed by atoms with Crippen LogP contribution < -0.4 is 15.4 Å². The molecule has 0 unspecified atom stereocenters. The number of fused-ring (bicyclic) bond motifs is 1. The summed E-state index contributed by atoms with van der Waals surface area (Å²) < 4.78 is 6.00. The van der Waals surface area contributed by atoms with Crippen molar-refractivity contribution in [2.75, 3.05) is 10.6 Å². The number of ether oxygens (including phenoxy) is 1. The standard InChI is InChI=1S/C25H23N5O3S/c1-4-16(14-26-3)6-11-21(31)27-18-9-5-15(2)20(13-18)33-22-12-10-19-24(29-22)34-25(28-19)30-23(32)17-7-8-17/h4-6,9-14,17H,1,3,7-8H2,2H3,(H,27,31)(H,28,30,32)/b11-6+,16-14+. The quantitative estimate of drug-likeness (QED) is 0.246. The van der Waals surface area contributed by atoms with Gasteiger partial charge in [-0.3, -0.25) is 14.6 Å². The van der Waals surface area contributed by atoms with Crippen molar-refractivity contribution in [3.63, 3.8) is 0 Å². The van der Waals surface area contributed by atoms with E-state index in [1.165, 1.54) is 23.6 Å². The lowest BCUT2D eigenvalue weighted by Crippen LogP contribution is -2.12. The number of benzene rings is 1. The van der Waals surface area contributed by atoms with Crippen LogP contribution in [0.15, 0.2) is 71.9 Å². The molecule has 172 valence electrons. The first kappa shape index (κ1) is 23.1. The van der Waals surface area contributed by atoms with Gasteiger partial charge in [-0.25, -0.2) is 9.97 Å². The summed E-state index contributed by atoms with van der Waals surface area (Å²) in [5.74, 6) is 0.753. The number of thiazole rings is 1. The Morgan fingerprint density at radius 1 is 1.18 bits per heavy atom. The molecule has 2 N–H and O–H groups in total. The molecule has 1 aromatic carbocycles. The van der Waals surface area contributed by atoms with E-state index in [0.29, 0.717) is 38.4 Å². The van der Waals surface area contributed by atoms with Gasteiger partial charge in [0.15, 0.2) is 5.13 Å². The van der Waals surface area contributed by atoms with Gasteiger partial charge in [-0.05, 0) is 55.8 Å². The maximum atomic E-state index is 12.3. The van der Waals surface area contributed by atoms with Gasteiger partial charge in [0.1, 0.15) is 16.1 Å². The summed E-state index contributed by atoms with van der Waals surface area (Å²) in [4.78, 5) is 37.5. The van der Waals surface area contributed by atoms with Crippen LogP contribution in [0.2, 0.25) is 0 Å². The summed E-state index contributed by atoms with van der Waals surface area (Å²) in [6, 6.07) is 8.89. The van der Waals surface area contributed by atoms with E-state index in [9.17, 15) is 9.59 Å². The first-order valence-electron chi connectivity index (χ1n) is 10.6. The molecule has 9 heteroatoms. The van der Waals surface area contributed by atoms with Crippen molar-refractivity contribution in [3.05, 3.63) is 72.5 Å². The Bertz CT molecular complexity index is 1340. The number of nitrogens with zero attached hydrogens (tertiary/aromatic N) is 3. The third-order valence-corrected chi connectivity index (χ3v) is 5.86. The Morgan fingerprint density at radius 3 is 2.74 bits per heavy atom. The molecule has 0 aliphatic heterocycles. The highest BCUT2D eigenvalue weighted by Gasteiger charge is 2.30. The lowest BCUT2D eigenvalue weighted by molar-refractivity contribution is -0.117. The lowest BCUT2D eigenvalue weighted by Gasteiger charge is -2.10. The number of amides is 2. The van der Waals surface area contributed by atoms with Crippen molar-refractivity contribution in [3.8, 4) is 11.6 Å². The Balaban J connectivity index is 1.46. The second-order valence-corrected chi connectivity index (χ2v) is 8.65. The second-order valence-electron chi connectivity index (χ2n) is 7.68. The Kier molecular flexibility index (Phi) is 6.93. The first-order chi connectivity index (χ1) is 16.4. The topological polar surface area (TPSA) is 106 Å². The zero-order valence-corrected chi connectivity index (χ0v) is 19.4. The van der Waals surface area contributed by atoms with Crippen LogP contribution in [-0.2, 0) is 9.59 Å². The molecule has 34 heavy (non-hydrogen) atoms. The number of aromatic nitrogens is 2. The smallest absolute Gasteiger partial charge is 0.248 e. The van der Waals surface area contributed by atoms with Crippen LogP contribution in [0, 0.1) is 12.8 Å². The van der Waals surface area contributed by atoms with Gasteiger partial charge in [0.2, 0.25) is 17.7 Å². The van der Waals surface area contributed by atoms with E-state index in [4.69, 9.17) is 4.74 Å². The SMILES string of the molecule is C=CC(/C=C/C(=O)Nc1ccc(C)c(Oc2ccc3nc(NC(=O)C4CC4)sc3n2)c1)=C\N=C. The first-order valence-corrected chi connectivity index (χ1v) is 11.4. The molecular formula is C25H23N5O3S. The molecular weight excluding hydrogens is 450 g/mol. The molecule has 1 saturated carbocycles. The molecule has 4 rings (SSSR count). The molecule has 0 bridgehead atoms. The fraction of sp³-hybridized carbons (Fsp3) is 0.160. The number of carbonyl (C=O) groups excluding carboxylic acids is 2. The van der Waals surface area contributed by atoms with Gasteiger partial charge in [0.05, 0.1) is 0 Å². The summed E-state index contributed by atoms with van der Waals surface area (Å²) >= 11 is 1.30. The minimum absolute atomic E-state index is 0.00831. The second kappa shape index (κ2) is 10.2. The molecule has 1 aliphatic carbocycles. The van der Waals surface area contributed by atoms with Crippen LogP contribution >= 0.6 is 11.3 Å². The van der Waals surface area contributed by atoms with Crippen LogP contribution in [0.1, 0.15) is 18.4 Å². The highest BCUT2D eigenvalue weighted by atomic mass is 32.1. The number of hydrogen-bond acceptors (Lipinski definition) is 7. The average molecular weight is 474 g/mol. The van der Waals surface area contributed by atoms with Gasteiger partial charge in [0, 0.05) is 36.0 Å². The van der Waals surface area contributed by atoms with Crippen molar-refractivity contribution >= 4 is 51.0 Å². The molecule has 0 radical (unpaired) electrons. The van der Waals surface area contributed by atoms with Gasteiger partial charge < -0.3 is 15.4 Å². The predicted molar refractivity (Wildman–Crippen MR) is 136 cm³/mol. The number of rotatable bonds is 9. The number of allylic oxidation sites excluding steroid dienone is 3. The summed E-state index contributed by atoms with van der Waals surface area (Å²) in [7, 11) is 0. The molecule has 1 aliphatic rings. The van der Waals surface area contributed by atoms with E-state index in [-0.39, 0.29) is 17.7 Å². The highest BCUT2D eigenvalue weighted by Crippen LogP contribution is 2.33. The fourth-order valence-electron chi connectivity index (χ4n) is 2.99. The zero-order chi connectivity index (χ0) is 24.1. The fourth-order valence-corrected chi connectivity index (χ4v) is 3.82. The zero-order valence-electron chi connectivity index (χ0n) is 18.6. The molecule has 8 nitrogen and oxygen atoms in total. The Hall–Kier alpha value is -4.11. The summed E-state index contributed by atoms with van der Waals surface area (Å²) in [5.41, 5.74) is 2.81. The number of aliphatic imine (C=N–C) groups is 1. The van der Waals surface area contributed by atoms with E-state index in [1.807, 2.05) is 13.0 Å². The predicted octanol–water partition coefficient (Wildman–Crippen LogP) is 5.41. The van der Waals surface area contributed by atoms with E-state index in [2.05, 4.69) is 38.9 Å². The van der Waals surface area contributed by atoms with Crippen molar-refractivity contribution in [1.82, 2.24) is 9.97 Å². The van der Waals surface area contributed by atoms with Gasteiger partial charge >= 0.3 is 0 Å². The minimum atomic E-state index is -0.309. The number of aryl methyl sites for hydroxylation is 1. The maximum absolute atomic E-state index is 12.3. The van der Waals surface area contributed by atoms with E-state index < -0.39 is 0 Å². The average Bonchev–Trinajstić information content (AvgIpc) is 3.59. The number of nitrogens with one attached hydrogen (secondary N) is 2. The van der Waals surface area contributed by atoms with E-state index in [1.54, 1.807) is 36.4 Å². The number of carbonyl (C=O) groups is 2. The highest BCUT2D eigenvalue weighted by molar-refractivity contribution is 7.21. The summed E-state index contributed by atoms with van der Waals surface area (Å²) in [6.45, 7) is 8.95. The molecule has 0 atom stereocenters. The van der Waals surface area contributed by atoms with E-state index >= 15 is 0 Å². The van der Waals surface area contributed by atoms with Crippen LogP contribution in [0.3, 0.4) is 0 Å². The third-order valence-electron chi connectivity index (χ3n) is 4.98. The number of anilines is 2. The molecule has 2 aromatic heterocycles. The monoisotopic (exact) mass is 473 g/mol. The van der Waals surface area contributed by atoms with Gasteiger partial charge in [-0.2, -0.15) is 0 Å². The molecule has 3 aromatic rings. The van der Waals surface area contributed by atoms with Crippen molar-refractivity contribution in [2.45, 2.75) is 19.8 Å². The molecule has 2 amide bonds. The number of hydrogen-bond donors (Lipinski definition) is 2. The minimum Gasteiger partial charge on any atom is -0.439 e. The largest absolute Gasteiger partial charge is 0.439 e. The lowest BCUT2D eigenvalue weighted by atomic mass is 10.2. The van der Waals surface area contributed by atoms with Crippen LogP contribution in [0.4, 0.5) is 10.8 Å². The third kappa shape index (κ3) is 5.81. The van der Waals surface area contributed by atoms with Gasteiger partial charge in [-0.1, -0.05) is 30.1 Å². The van der Waals surface area contributed by atoms with Crippen molar-refractivity contribution in [1.29, 1.82) is 0 Å². The van der Waals surface area contributed by atoms with Crippen LogP contribution in [0.25, 0.3) is 10.3 Å². The van der Waals surface area contributed by atoms with Crippen molar-refractivity contribution < 1.29 is 14.3 Å².